The molecular formula is C16H19N5OS2. The molecule has 0 bridgehead atoms. The number of oxazole rings is 1. The average molecular weight is 361 g/mol. The largest absolute Gasteiger partial charge is 0.443 e. The van der Waals surface area contributed by atoms with E-state index < -0.39 is 0 Å². The zero-order chi connectivity index (χ0) is 16.9. The third-order valence-electron chi connectivity index (χ3n) is 3.36. The topological polar surface area (TPSA) is 75.3 Å². The number of rotatable bonds is 5. The fourth-order valence-electron chi connectivity index (χ4n) is 2.20. The number of nitrogens with zero attached hydrogens (tertiary/aromatic N) is 3. The van der Waals surface area contributed by atoms with Gasteiger partial charge in [-0.25, -0.2) is 9.97 Å². The van der Waals surface area contributed by atoms with E-state index in [0.29, 0.717) is 19.0 Å². The maximum atomic E-state index is 5.52. The van der Waals surface area contributed by atoms with Gasteiger partial charge in [0.2, 0.25) is 5.89 Å². The van der Waals surface area contributed by atoms with Crippen LogP contribution in [0.15, 0.2) is 33.2 Å². The fraction of sp³-hybridized carbons (Fsp3) is 0.312. The summed E-state index contributed by atoms with van der Waals surface area (Å²) in [5.74, 6) is 1.38. The van der Waals surface area contributed by atoms with E-state index in [2.05, 4.69) is 25.6 Å². The van der Waals surface area contributed by atoms with Gasteiger partial charge in [-0.15, -0.1) is 22.7 Å². The minimum atomic E-state index is 0.551. The number of aliphatic imine (C=N–C) groups is 1. The van der Waals surface area contributed by atoms with E-state index in [1.165, 1.54) is 4.88 Å². The van der Waals surface area contributed by atoms with Gasteiger partial charge in [-0.05, 0) is 25.3 Å². The lowest BCUT2D eigenvalue weighted by Gasteiger charge is -2.10. The van der Waals surface area contributed by atoms with Gasteiger partial charge in [0.1, 0.15) is 6.26 Å². The van der Waals surface area contributed by atoms with Gasteiger partial charge in [-0.2, -0.15) is 0 Å². The van der Waals surface area contributed by atoms with Crippen molar-refractivity contribution < 1.29 is 4.42 Å². The van der Waals surface area contributed by atoms with E-state index >= 15 is 0 Å². The Morgan fingerprint density at radius 2 is 2.08 bits per heavy atom. The Bertz CT molecular complexity index is 820. The summed E-state index contributed by atoms with van der Waals surface area (Å²) in [6.45, 7) is 5.30. The molecule has 0 saturated heterocycles. The summed E-state index contributed by atoms with van der Waals surface area (Å²) in [6, 6.07) is 3.98. The quantitative estimate of drug-likeness (QED) is 0.538. The maximum Gasteiger partial charge on any atom is 0.236 e. The molecule has 2 N–H and O–H groups in total. The second kappa shape index (κ2) is 7.59. The molecule has 0 unspecified atom stereocenters. The molecule has 0 aromatic carbocycles. The summed E-state index contributed by atoms with van der Waals surface area (Å²) in [7, 11) is 1.75. The summed E-state index contributed by atoms with van der Waals surface area (Å²) >= 11 is 3.31. The second-order valence-electron chi connectivity index (χ2n) is 5.14. The molecule has 3 aromatic heterocycles. The highest BCUT2D eigenvalue weighted by Crippen LogP contribution is 2.23. The van der Waals surface area contributed by atoms with E-state index in [1.54, 1.807) is 36.0 Å². The Hall–Kier alpha value is -2.19. The smallest absolute Gasteiger partial charge is 0.236 e. The van der Waals surface area contributed by atoms with Crippen molar-refractivity contribution >= 4 is 28.6 Å². The fourth-order valence-corrected chi connectivity index (χ4v) is 3.73. The number of guanidine groups is 1. The first-order chi connectivity index (χ1) is 11.7. The first-order valence-corrected chi connectivity index (χ1v) is 9.21. The van der Waals surface area contributed by atoms with Crippen LogP contribution in [0.4, 0.5) is 0 Å². The molecule has 0 aliphatic heterocycles. The molecule has 0 aliphatic rings. The Labute approximate surface area is 148 Å². The minimum absolute atomic E-state index is 0.551. The van der Waals surface area contributed by atoms with Crippen molar-refractivity contribution in [3.63, 3.8) is 0 Å². The van der Waals surface area contributed by atoms with Crippen LogP contribution in [-0.4, -0.2) is 23.0 Å². The lowest BCUT2D eigenvalue weighted by Crippen LogP contribution is -2.36. The average Bonchev–Trinajstić information content (AvgIpc) is 3.29. The Balaban J connectivity index is 1.54. The van der Waals surface area contributed by atoms with E-state index in [1.807, 2.05) is 31.4 Å². The molecule has 0 fully saturated rings. The number of nitrogens with one attached hydrogen (secondary N) is 2. The third kappa shape index (κ3) is 4.01. The van der Waals surface area contributed by atoms with Gasteiger partial charge < -0.3 is 15.1 Å². The van der Waals surface area contributed by atoms with Gasteiger partial charge in [-0.1, -0.05) is 6.07 Å². The molecule has 3 heterocycles. The Morgan fingerprint density at radius 1 is 1.25 bits per heavy atom. The molecule has 0 radical (unpaired) electrons. The Morgan fingerprint density at radius 3 is 2.75 bits per heavy atom. The van der Waals surface area contributed by atoms with Gasteiger partial charge in [0, 0.05) is 11.9 Å². The summed E-state index contributed by atoms with van der Waals surface area (Å²) in [5, 5.41) is 9.63. The third-order valence-corrected chi connectivity index (χ3v) is 5.29. The monoisotopic (exact) mass is 361 g/mol. The second-order valence-corrected chi connectivity index (χ2v) is 7.38. The molecule has 8 heteroatoms. The standard InChI is InChI=1S/C16H19N5OS2/c1-10-14(24-11(2)20-10)8-19-16(17-3)18-7-12-9-22-15(21-12)13-5-4-6-23-13/h4-6,9H,7-8H2,1-3H3,(H2,17,18,19). The van der Waals surface area contributed by atoms with Gasteiger partial charge in [0.05, 0.1) is 34.4 Å². The Kier molecular flexibility index (Phi) is 5.27. The van der Waals surface area contributed by atoms with E-state index in [0.717, 1.165) is 27.2 Å². The number of aryl methyl sites for hydroxylation is 2. The molecule has 6 nitrogen and oxygen atoms in total. The molecule has 24 heavy (non-hydrogen) atoms. The van der Waals surface area contributed by atoms with E-state index in [-0.39, 0.29) is 0 Å². The first-order valence-electron chi connectivity index (χ1n) is 7.51. The van der Waals surface area contributed by atoms with E-state index in [4.69, 9.17) is 4.42 Å². The molecule has 0 saturated carbocycles. The number of hydrogen-bond donors (Lipinski definition) is 2. The molecule has 3 aromatic rings. The molecule has 126 valence electrons. The zero-order valence-electron chi connectivity index (χ0n) is 13.8. The SMILES string of the molecule is CN=C(NCc1coc(-c2cccs2)n1)NCc1sc(C)nc1C. The van der Waals surface area contributed by atoms with Crippen LogP contribution in [0.5, 0.6) is 0 Å². The van der Waals surface area contributed by atoms with Crippen molar-refractivity contribution in [1.29, 1.82) is 0 Å². The van der Waals surface area contributed by atoms with Crippen molar-refractivity contribution in [2.24, 2.45) is 4.99 Å². The number of hydrogen-bond acceptors (Lipinski definition) is 6. The van der Waals surface area contributed by atoms with Gasteiger partial charge in [0.15, 0.2) is 5.96 Å². The van der Waals surface area contributed by atoms with Crippen molar-refractivity contribution in [3.8, 4) is 10.8 Å². The van der Waals surface area contributed by atoms with Crippen molar-refractivity contribution in [2.45, 2.75) is 26.9 Å². The lowest BCUT2D eigenvalue weighted by molar-refractivity contribution is 0.573. The highest BCUT2D eigenvalue weighted by molar-refractivity contribution is 7.13. The van der Waals surface area contributed by atoms with E-state index in [9.17, 15) is 0 Å². The van der Waals surface area contributed by atoms with Crippen LogP contribution in [0.2, 0.25) is 0 Å². The predicted molar refractivity (Wildman–Crippen MR) is 98.4 cm³/mol. The van der Waals surface area contributed by atoms with Crippen molar-refractivity contribution in [3.05, 3.63) is 45.0 Å². The highest BCUT2D eigenvalue weighted by atomic mass is 32.1. The van der Waals surface area contributed by atoms with Crippen LogP contribution >= 0.6 is 22.7 Å². The molecular weight excluding hydrogens is 342 g/mol. The molecule has 0 atom stereocenters. The van der Waals surface area contributed by atoms with Crippen LogP contribution in [0.25, 0.3) is 10.8 Å². The van der Waals surface area contributed by atoms with Crippen LogP contribution in [0.3, 0.4) is 0 Å². The van der Waals surface area contributed by atoms with Crippen LogP contribution < -0.4 is 10.6 Å². The van der Waals surface area contributed by atoms with Crippen LogP contribution in [-0.2, 0) is 13.1 Å². The number of thiazole rings is 1. The number of thiophene rings is 1. The molecule has 3 rings (SSSR count). The van der Waals surface area contributed by atoms with Crippen LogP contribution in [0, 0.1) is 13.8 Å². The molecule has 0 spiro atoms. The first kappa shape index (κ1) is 16.7. The van der Waals surface area contributed by atoms with Crippen molar-refractivity contribution in [1.82, 2.24) is 20.6 Å². The summed E-state index contributed by atoms with van der Waals surface area (Å²) in [6.07, 6.45) is 1.67. The maximum absolute atomic E-state index is 5.52. The normalized spacial score (nSPS) is 11.7. The minimum Gasteiger partial charge on any atom is -0.443 e. The molecule has 0 amide bonds. The summed E-state index contributed by atoms with van der Waals surface area (Å²) in [4.78, 5) is 15.4. The summed E-state index contributed by atoms with van der Waals surface area (Å²) in [5.41, 5.74) is 1.91. The summed E-state index contributed by atoms with van der Waals surface area (Å²) < 4.78 is 5.52. The highest BCUT2D eigenvalue weighted by Gasteiger charge is 2.09. The van der Waals surface area contributed by atoms with Crippen molar-refractivity contribution in [2.75, 3.05) is 7.05 Å². The van der Waals surface area contributed by atoms with Gasteiger partial charge in [-0.3, -0.25) is 4.99 Å². The zero-order valence-corrected chi connectivity index (χ0v) is 15.4. The number of aromatic nitrogens is 2. The van der Waals surface area contributed by atoms with Gasteiger partial charge >= 0.3 is 0 Å². The van der Waals surface area contributed by atoms with Crippen LogP contribution in [0.1, 0.15) is 21.3 Å². The predicted octanol–water partition coefficient (Wildman–Crippen LogP) is 3.34. The lowest BCUT2D eigenvalue weighted by atomic mass is 10.4. The molecule has 0 aliphatic carbocycles. The van der Waals surface area contributed by atoms with Gasteiger partial charge in [0.25, 0.3) is 0 Å².